The van der Waals surface area contributed by atoms with Crippen LogP contribution in [-0.2, 0) is 0 Å². The standard InChI is InChI=1S/C16H14FN5O/c17-11-2-1-3-12(20-10-4-5-10)13(11)21-16(23)14-15-19-7-9-22(15)8-6-18-14/h1-3,6-10,20H,4-5H2,(H,21,23). The Kier molecular flexibility index (Phi) is 3.18. The highest BCUT2D eigenvalue weighted by atomic mass is 19.1. The predicted molar refractivity (Wildman–Crippen MR) is 84.0 cm³/mol. The number of nitrogens with zero attached hydrogens (tertiary/aromatic N) is 3. The molecule has 23 heavy (non-hydrogen) atoms. The second kappa shape index (κ2) is 5.35. The maximum atomic E-state index is 14.2. The summed E-state index contributed by atoms with van der Waals surface area (Å²) in [5, 5.41) is 5.84. The molecule has 0 saturated heterocycles. The summed E-state index contributed by atoms with van der Waals surface area (Å²) < 4.78 is 15.8. The van der Waals surface area contributed by atoms with Crippen LogP contribution in [0.2, 0.25) is 0 Å². The highest BCUT2D eigenvalue weighted by Crippen LogP contribution is 2.31. The molecule has 4 rings (SSSR count). The van der Waals surface area contributed by atoms with E-state index < -0.39 is 11.7 Å². The van der Waals surface area contributed by atoms with Crippen molar-refractivity contribution in [2.24, 2.45) is 0 Å². The lowest BCUT2D eigenvalue weighted by Gasteiger charge is -2.13. The van der Waals surface area contributed by atoms with Crippen molar-refractivity contribution in [2.45, 2.75) is 18.9 Å². The number of benzene rings is 1. The number of fused-ring (bicyclic) bond motifs is 1. The lowest BCUT2D eigenvalue weighted by molar-refractivity contribution is 0.102. The fraction of sp³-hybridized carbons (Fsp3) is 0.188. The zero-order chi connectivity index (χ0) is 15.8. The summed E-state index contributed by atoms with van der Waals surface area (Å²) in [6.07, 6.45) is 8.61. The molecule has 7 heteroatoms. The Morgan fingerprint density at radius 1 is 1.22 bits per heavy atom. The third kappa shape index (κ3) is 2.61. The van der Waals surface area contributed by atoms with Crippen molar-refractivity contribution in [2.75, 3.05) is 10.6 Å². The molecule has 1 aliphatic carbocycles. The number of halogens is 1. The summed E-state index contributed by atoms with van der Waals surface area (Å²) in [4.78, 5) is 20.7. The molecule has 2 heterocycles. The van der Waals surface area contributed by atoms with E-state index in [1.165, 1.54) is 12.3 Å². The molecular weight excluding hydrogens is 297 g/mol. The van der Waals surface area contributed by atoms with E-state index in [1.54, 1.807) is 35.1 Å². The summed E-state index contributed by atoms with van der Waals surface area (Å²) in [5.74, 6) is -0.981. The zero-order valence-corrected chi connectivity index (χ0v) is 12.2. The number of imidazole rings is 1. The van der Waals surface area contributed by atoms with E-state index in [2.05, 4.69) is 20.6 Å². The number of anilines is 2. The van der Waals surface area contributed by atoms with Crippen LogP contribution in [0.3, 0.4) is 0 Å². The van der Waals surface area contributed by atoms with Gasteiger partial charge in [0.05, 0.1) is 5.69 Å². The van der Waals surface area contributed by atoms with Crippen molar-refractivity contribution in [1.82, 2.24) is 14.4 Å². The van der Waals surface area contributed by atoms with E-state index in [0.29, 0.717) is 17.4 Å². The van der Waals surface area contributed by atoms with Crippen LogP contribution < -0.4 is 10.6 Å². The molecule has 1 aromatic carbocycles. The predicted octanol–water partition coefficient (Wildman–Crippen LogP) is 2.70. The van der Waals surface area contributed by atoms with Crippen molar-refractivity contribution in [3.63, 3.8) is 0 Å². The molecule has 1 saturated carbocycles. The lowest BCUT2D eigenvalue weighted by atomic mass is 10.2. The van der Waals surface area contributed by atoms with E-state index in [0.717, 1.165) is 12.8 Å². The third-order valence-corrected chi connectivity index (χ3v) is 3.72. The average molecular weight is 311 g/mol. The number of para-hydroxylation sites is 1. The molecule has 0 atom stereocenters. The molecule has 0 radical (unpaired) electrons. The van der Waals surface area contributed by atoms with Gasteiger partial charge in [0.15, 0.2) is 11.3 Å². The smallest absolute Gasteiger partial charge is 0.278 e. The quantitative estimate of drug-likeness (QED) is 0.777. The van der Waals surface area contributed by atoms with Gasteiger partial charge in [-0.15, -0.1) is 0 Å². The van der Waals surface area contributed by atoms with Gasteiger partial charge in [-0.3, -0.25) is 4.79 Å². The van der Waals surface area contributed by atoms with Gasteiger partial charge < -0.3 is 15.0 Å². The Morgan fingerprint density at radius 2 is 2.00 bits per heavy atom. The number of hydrogen-bond donors (Lipinski definition) is 2. The highest BCUT2D eigenvalue weighted by molar-refractivity contribution is 6.08. The topological polar surface area (TPSA) is 71.3 Å². The van der Waals surface area contributed by atoms with Crippen LogP contribution in [-0.4, -0.2) is 26.3 Å². The Morgan fingerprint density at radius 3 is 2.78 bits per heavy atom. The molecule has 3 aromatic rings. The first-order chi connectivity index (χ1) is 11.2. The van der Waals surface area contributed by atoms with Gasteiger partial charge >= 0.3 is 0 Å². The molecule has 0 unspecified atom stereocenters. The minimum absolute atomic E-state index is 0.139. The minimum atomic E-state index is -0.495. The van der Waals surface area contributed by atoms with Gasteiger partial charge in [-0.25, -0.2) is 14.4 Å². The van der Waals surface area contributed by atoms with Crippen LogP contribution >= 0.6 is 0 Å². The van der Waals surface area contributed by atoms with Crippen LogP contribution in [0, 0.1) is 5.82 Å². The first-order valence-corrected chi connectivity index (χ1v) is 7.36. The van der Waals surface area contributed by atoms with Crippen molar-refractivity contribution < 1.29 is 9.18 Å². The van der Waals surface area contributed by atoms with Crippen LogP contribution in [0.25, 0.3) is 5.65 Å². The number of carbonyl (C=O) groups excluding carboxylic acids is 1. The van der Waals surface area contributed by atoms with Crippen molar-refractivity contribution >= 4 is 22.9 Å². The Bertz CT molecular complexity index is 887. The van der Waals surface area contributed by atoms with Crippen molar-refractivity contribution in [3.8, 4) is 0 Å². The molecule has 1 fully saturated rings. The molecule has 2 aromatic heterocycles. The first-order valence-electron chi connectivity index (χ1n) is 7.36. The van der Waals surface area contributed by atoms with E-state index >= 15 is 0 Å². The fourth-order valence-electron chi connectivity index (χ4n) is 2.41. The monoisotopic (exact) mass is 311 g/mol. The van der Waals surface area contributed by atoms with Crippen molar-refractivity contribution in [3.05, 3.63) is 54.5 Å². The van der Waals surface area contributed by atoms with Crippen LogP contribution in [0.15, 0.2) is 43.0 Å². The Balaban J connectivity index is 1.67. The third-order valence-electron chi connectivity index (χ3n) is 3.72. The second-order valence-electron chi connectivity index (χ2n) is 5.47. The number of nitrogens with one attached hydrogen (secondary N) is 2. The summed E-state index contributed by atoms with van der Waals surface area (Å²) in [7, 11) is 0. The molecule has 1 aliphatic rings. The van der Waals surface area contributed by atoms with Crippen LogP contribution in [0.4, 0.5) is 15.8 Å². The molecule has 2 N–H and O–H groups in total. The molecule has 116 valence electrons. The van der Waals surface area contributed by atoms with E-state index in [9.17, 15) is 9.18 Å². The lowest BCUT2D eigenvalue weighted by Crippen LogP contribution is -2.18. The summed E-state index contributed by atoms with van der Waals surface area (Å²) in [6.45, 7) is 0. The number of rotatable bonds is 4. The largest absolute Gasteiger partial charge is 0.381 e. The van der Waals surface area contributed by atoms with Gasteiger partial charge in [-0.1, -0.05) is 6.07 Å². The summed E-state index contributed by atoms with van der Waals surface area (Å²) >= 11 is 0. The summed E-state index contributed by atoms with van der Waals surface area (Å²) in [5.41, 5.74) is 1.30. The van der Waals surface area contributed by atoms with E-state index in [-0.39, 0.29) is 11.4 Å². The van der Waals surface area contributed by atoms with Crippen LogP contribution in [0.1, 0.15) is 23.3 Å². The maximum Gasteiger partial charge on any atom is 0.278 e. The van der Waals surface area contributed by atoms with Gasteiger partial charge in [-0.2, -0.15) is 0 Å². The number of hydrogen-bond acceptors (Lipinski definition) is 4. The number of aromatic nitrogens is 3. The second-order valence-corrected chi connectivity index (χ2v) is 5.47. The molecule has 0 spiro atoms. The molecule has 0 aliphatic heterocycles. The highest BCUT2D eigenvalue weighted by Gasteiger charge is 2.24. The van der Waals surface area contributed by atoms with Gasteiger partial charge in [0.1, 0.15) is 11.5 Å². The Hall–Kier alpha value is -2.96. The van der Waals surface area contributed by atoms with E-state index in [1.807, 2.05) is 0 Å². The molecule has 6 nitrogen and oxygen atoms in total. The van der Waals surface area contributed by atoms with Gasteiger partial charge in [0.2, 0.25) is 0 Å². The van der Waals surface area contributed by atoms with E-state index in [4.69, 9.17) is 0 Å². The average Bonchev–Trinajstić information content (AvgIpc) is 3.23. The molecular formula is C16H14FN5O. The minimum Gasteiger partial charge on any atom is -0.381 e. The van der Waals surface area contributed by atoms with Gasteiger partial charge in [-0.05, 0) is 25.0 Å². The number of carbonyl (C=O) groups is 1. The molecule has 1 amide bonds. The Labute approximate surface area is 131 Å². The van der Waals surface area contributed by atoms with Gasteiger partial charge in [0.25, 0.3) is 5.91 Å². The normalized spacial score (nSPS) is 14.0. The molecule has 0 bridgehead atoms. The SMILES string of the molecule is O=C(Nc1c(F)cccc1NC1CC1)c1nccn2ccnc12. The van der Waals surface area contributed by atoms with Crippen LogP contribution in [0.5, 0.6) is 0 Å². The maximum absolute atomic E-state index is 14.2. The fourth-order valence-corrected chi connectivity index (χ4v) is 2.41. The van der Waals surface area contributed by atoms with Crippen molar-refractivity contribution in [1.29, 1.82) is 0 Å². The zero-order valence-electron chi connectivity index (χ0n) is 12.2. The summed E-state index contributed by atoms with van der Waals surface area (Å²) in [6, 6.07) is 5.03. The van der Waals surface area contributed by atoms with Gasteiger partial charge in [0, 0.05) is 30.8 Å². The number of amides is 1. The first kappa shape index (κ1) is 13.7.